The number of aromatic nitrogens is 3. The van der Waals surface area contributed by atoms with Gasteiger partial charge in [-0.15, -0.1) is 10.2 Å². The second kappa shape index (κ2) is 7.60. The molecule has 2 aromatic heterocycles. The molecule has 30 heavy (non-hydrogen) atoms. The molecule has 0 saturated carbocycles. The first kappa shape index (κ1) is 15.3. The van der Waals surface area contributed by atoms with Crippen molar-refractivity contribution in [1.82, 2.24) is 15.2 Å². The average Bonchev–Trinajstić information content (AvgIpc) is 3.19. The summed E-state index contributed by atoms with van der Waals surface area (Å²) in [5.41, 5.74) is -1.71. The van der Waals surface area contributed by atoms with E-state index >= 15 is 0 Å². The topological polar surface area (TPSA) is 107 Å². The number of halogens is 6. The van der Waals surface area contributed by atoms with E-state index in [2.05, 4.69) is 15.2 Å². The molecule has 3 heterocycles. The number of rotatable bonds is 0. The predicted octanol–water partition coefficient (Wildman–Crippen LogP) is 4.21. The molecular weight excluding hydrogens is 422 g/mol. The van der Waals surface area contributed by atoms with Crippen molar-refractivity contribution < 1.29 is 48.8 Å². The zero-order valence-corrected chi connectivity index (χ0v) is 14.9. The summed E-state index contributed by atoms with van der Waals surface area (Å²) < 4.78 is 139. The van der Waals surface area contributed by atoms with Crippen molar-refractivity contribution in [3.63, 3.8) is 0 Å². The van der Waals surface area contributed by atoms with Crippen LogP contribution in [-0.4, -0.2) is 32.5 Å². The number of nitrogens with two attached hydrogens (primary N) is 1. The van der Waals surface area contributed by atoms with Crippen molar-refractivity contribution >= 4 is 5.69 Å². The van der Waals surface area contributed by atoms with Crippen LogP contribution in [-0.2, 0) is 11.8 Å². The van der Waals surface area contributed by atoms with Crippen LogP contribution in [0, 0.1) is 0 Å². The van der Waals surface area contributed by atoms with Crippen molar-refractivity contribution in [3.05, 3.63) is 17.5 Å². The van der Waals surface area contributed by atoms with Gasteiger partial charge in [-0.1, -0.05) is 6.42 Å². The van der Waals surface area contributed by atoms with Crippen molar-refractivity contribution in [2.45, 2.75) is 62.9 Å². The van der Waals surface area contributed by atoms with E-state index in [0.29, 0.717) is 0 Å². The fourth-order valence-corrected chi connectivity index (χ4v) is 2.66. The maximum absolute atomic E-state index is 13.7. The number of aliphatic hydroxyl groups is 1. The Kier molecular flexibility index (Phi) is 3.87. The first-order chi connectivity index (χ1) is 16.1. The predicted molar refractivity (Wildman–Crippen MR) is 90.1 cm³/mol. The third kappa shape index (κ3) is 4.16. The molecule has 0 radical (unpaired) electrons. The number of anilines is 1. The molecule has 0 amide bonds. The van der Waals surface area contributed by atoms with Crippen LogP contribution in [0.4, 0.5) is 32.0 Å². The van der Waals surface area contributed by atoms with Gasteiger partial charge >= 0.3 is 12.4 Å². The Bertz CT molecular complexity index is 1140. The molecule has 0 unspecified atom stereocenters. The fourth-order valence-electron chi connectivity index (χ4n) is 2.66. The van der Waals surface area contributed by atoms with E-state index < -0.39 is 97.5 Å². The zero-order valence-electron chi connectivity index (χ0n) is 20.9. The minimum atomic E-state index is -5.38. The Morgan fingerprint density at radius 3 is 2.63 bits per heavy atom. The highest BCUT2D eigenvalue weighted by molar-refractivity contribution is 5.68. The minimum Gasteiger partial charge on any atom is -0.474 e. The van der Waals surface area contributed by atoms with Crippen LogP contribution in [0.2, 0.25) is 0 Å². The number of hydrogen-bond donors (Lipinski definition) is 2. The van der Waals surface area contributed by atoms with Crippen LogP contribution in [0.5, 0.6) is 5.88 Å². The second-order valence-electron chi connectivity index (χ2n) is 6.36. The summed E-state index contributed by atoms with van der Waals surface area (Å²) >= 11 is 0. The molecule has 0 aliphatic carbocycles. The van der Waals surface area contributed by atoms with E-state index in [-0.39, 0.29) is 6.07 Å². The largest absolute Gasteiger partial charge is 0.474 e. The standard InChI is InChI=1S/C17H18F6N4O3/c1-8-5-3-2-4-6-15(28,17(21,22)23)14-27-26-13(30-14)11-10(24)7-9(16(18,19)20)12(25-11)29-8/h7-8,28H,2-6,24H2,1H3/t8-,15-/m1/s1/i1D3,5D2,8D. The molecule has 4 bridgehead atoms. The summed E-state index contributed by atoms with van der Waals surface area (Å²) in [6, 6.07) is 0.179. The molecule has 7 nitrogen and oxygen atoms in total. The van der Waals surface area contributed by atoms with Gasteiger partial charge in [0, 0.05) is 6.85 Å². The molecule has 0 aromatic carbocycles. The van der Waals surface area contributed by atoms with E-state index in [9.17, 15) is 31.4 Å². The third-order valence-electron chi connectivity index (χ3n) is 4.22. The van der Waals surface area contributed by atoms with E-state index in [1.54, 1.807) is 0 Å². The Hall–Kier alpha value is -2.57. The molecule has 13 heteroatoms. The van der Waals surface area contributed by atoms with Gasteiger partial charge in [-0.25, -0.2) is 4.98 Å². The highest BCUT2D eigenvalue weighted by atomic mass is 19.4. The fraction of sp³-hybridized carbons (Fsp3) is 0.588. The lowest BCUT2D eigenvalue weighted by molar-refractivity contribution is -0.277. The molecule has 1 aliphatic rings. The maximum atomic E-state index is 13.7. The normalized spacial score (nSPS) is 31.0. The molecular formula is C17H18F6N4O3. The molecule has 1 aliphatic heterocycles. The zero-order chi connectivity index (χ0) is 27.5. The lowest BCUT2D eigenvalue weighted by Crippen LogP contribution is -2.42. The van der Waals surface area contributed by atoms with Gasteiger partial charge in [-0.3, -0.25) is 0 Å². The summed E-state index contributed by atoms with van der Waals surface area (Å²) in [7, 11) is 0. The molecule has 166 valence electrons. The number of alkyl halides is 6. The second-order valence-corrected chi connectivity index (χ2v) is 6.36. The van der Waals surface area contributed by atoms with Crippen molar-refractivity contribution in [2.24, 2.45) is 0 Å². The van der Waals surface area contributed by atoms with Crippen LogP contribution < -0.4 is 10.5 Å². The number of fused-ring (bicyclic) bond motifs is 5. The van der Waals surface area contributed by atoms with Crippen molar-refractivity contribution in [3.8, 4) is 17.5 Å². The van der Waals surface area contributed by atoms with Gasteiger partial charge in [-0.05, 0) is 38.6 Å². The maximum Gasteiger partial charge on any atom is 0.426 e. The minimum absolute atomic E-state index is 0.179. The highest BCUT2D eigenvalue weighted by Gasteiger charge is 2.58. The van der Waals surface area contributed by atoms with Crippen LogP contribution in [0.25, 0.3) is 11.6 Å². The van der Waals surface area contributed by atoms with Crippen LogP contribution in [0.3, 0.4) is 0 Å². The molecule has 3 rings (SSSR count). The van der Waals surface area contributed by atoms with Crippen LogP contribution >= 0.6 is 0 Å². The van der Waals surface area contributed by atoms with Crippen molar-refractivity contribution in [1.29, 1.82) is 0 Å². The smallest absolute Gasteiger partial charge is 0.426 e. The van der Waals surface area contributed by atoms with E-state index in [0.717, 1.165) is 0 Å². The van der Waals surface area contributed by atoms with E-state index in [1.165, 1.54) is 0 Å². The Morgan fingerprint density at radius 2 is 2.00 bits per heavy atom. The first-order valence-corrected chi connectivity index (χ1v) is 8.34. The molecule has 2 aromatic rings. The quantitative estimate of drug-likeness (QED) is 0.584. The number of ether oxygens (including phenoxy) is 1. The third-order valence-corrected chi connectivity index (χ3v) is 4.22. The monoisotopic (exact) mass is 446 g/mol. The molecule has 3 N–H and O–H groups in total. The first-order valence-electron chi connectivity index (χ1n) is 11.3. The van der Waals surface area contributed by atoms with Gasteiger partial charge in [0.25, 0.3) is 11.8 Å². The Labute approximate surface area is 174 Å². The number of nitrogen functional groups attached to an aromatic ring is 1. The van der Waals surface area contributed by atoms with E-state index in [1.807, 2.05) is 0 Å². The van der Waals surface area contributed by atoms with Gasteiger partial charge in [0.2, 0.25) is 11.5 Å². The lowest BCUT2D eigenvalue weighted by Gasteiger charge is -2.27. The van der Waals surface area contributed by atoms with Gasteiger partial charge in [-0.2, -0.15) is 26.3 Å². The lowest BCUT2D eigenvalue weighted by atomic mass is 9.94. The summed E-state index contributed by atoms with van der Waals surface area (Å²) in [6.07, 6.45) is -20.8. The molecule has 0 saturated heterocycles. The Balaban J connectivity index is 2.34. The van der Waals surface area contributed by atoms with E-state index in [4.69, 9.17) is 23.1 Å². The number of pyridine rings is 1. The molecule has 2 atom stereocenters. The highest BCUT2D eigenvalue weighted by Crippen LogP contribution is 2.44. The SMILES string of the molecule is [2H]C([2H])([2H])[C@@]1([2H])Oc2nc(c(N)cc2C(F)(F)F)-c2nnc(o2)[C@@](O)(C(F)(F)F)CCCCC1([2H])[2H]. The average molecular weight is 446 g/mol. The molecule has 0 fully saturated rings. The van der Waals surface area contributed by atoms with Gasteiger partial charge < -0.3 is 20.0 Å². The van der Waals surface area contributed by atoms with Gasteiger partial charge in [0.1, 0.15) is 5.56 Å². The summed E-state index contributed by atoms with van der Waals surface area (Å²) in [6.45, 7) is -3.70. The van der Waals surface area contributed by atoms with Gasteiger partial charge in [0.15, 0.2) is 5.69 Å². The summed E-state index contributed by atoms with van der Waals surface area (Å²) in [5.74, 6) is -3.95. The van der Waals surface area contributed by atoms with Crippen molar-refractivity contribution in [2.75, 3.05) is 5.73 Å². The number of hydrogen-bond acceptors (Lipinski definition) is 7. The van der Waals surface area contributed by atoms with Crippen LogP contribution in [0.15, 0.2) is 10.5 Å². The summed E-state index contributed by atoms with van der Waals surface area (Å²) in [5, 5.41) is 16.8. The number of nitrogens with zero attached hydrogens (tertiary/aromatic N) is 3. The van der Waals surface area contributed by atoms with Gasteiger partial charge in [0.05, 0.1) is 13.1 Å². The summed E-state index contributed by atoms with van der Waals surface area (Å²) in [4.78, 5) is 3.39. The Morgan fingerprint density at radius 1 is 1.27 bits per heavy atom. The van der Waals surface area contributed by atoms with Crippen LogP contribution in [0.1, 0.15) is 58.6 Å². The molecule has 0 spiro atoms.